The predicted octanol–water partition coefficient (Wildman–Crippen LogP) is 4.03. The van der Waals surface area contributed by atoms with Crippen molar-refractivity contribution in [2.45, 2.75) is 19.3 Å². The Morgan fingerprint density at radius 1 is 1.11 bits per heavy atom. The lowest BCUT2D eigenvalue weighted by molar-refractivity contribution is 0.0945. The van der Waals surface area contributed by atoms with Gasteiger partial charge in [-0.15, -0.1) is 0 Å². The number of methoxy groups -OCH3 is 2. The fourth-order valence-corrected chi connectivity index (χ4v) is 3.13. The third-order valence-electron chi connectivity index (χ3n) is 4.71. The molecule has 0 saturated heterocycles. The fourth-order valence-electron chi connectivity index (χ4n) is 3.13. The highest BCUT2D eigenvalue weighted by atomic mass is 19.1. The van der Waals surface area contributed by atoms with E-state index in [4.69, 9.17) is 9.47 Å². The number of aromatic nitrogens is 1. The van der Waals surface area contributed by atoms with Gasteiger partial charge >= 0.3 is 0 Å². The molecule has 0 spiro atoms. The van der Waals surface area contributed by atoms with E-state index < -0.39 is 0 Å². The summed E-state index contributed by atoms with van der Waals surface area (Å²) in [6.07, 6.45) is 1.87. The molecule has 0 radical (unpaired) electrons. The Bertz CT molecular complexity index is 979. The van der Waals surface area contributed by atoms with Crippen molar-refractivity contribution >= 4 is 16.8 Å². The average Bonchev–Trinajstić information content (AvgIpc) is 3.09. The minimum Gasteiger partial charge on any atom is -0.493 e. The van der Waals surface area contributed by atoms with Crippen molar-refractivity contribution in [2.24, 2.45) is 0 Å². The summed E-state index contributed by atoms with van der Waals surface area (Å²) in [5.74, 6) is 0.592. The molecule has 0 bridgehead atoms. The second-order valence-corrected chi connectivity index (χ2v) is 7.03. The van der Waals surface area contributed by atoms with Crippen LogP contribution in [0.5, 0.6) is 11.5 Å². The topological polar surface area (TPSA) is 63.3 Å². The number of nitrogens with one attached hydrogen (secondary N) is 2. The molecule has 3 aromatic rings. The van der Waals surface area contributed by atoms with Crippen molar-refractivity contribution in [3.63, 3.8) is 0 Å². The number of carbonyl (C=O) groups is 1. The van der Waals surface area contributed by atoms with Crippen molar-refractivity contribution in [3.05, 3.63) is 59.5 Å². The maximum Gasteiger partial charge on any atom is 0.251 e. The summed E-state index contributed by atoms with van der Waals surface area (Å²) < 4.78 is 23.8. The lowest BCUT2D eigenvalue weighted by Crippen LogP contribution is -2.36. The monoisotopic (exact) mass is 370 g/mol. The molecular formula is C21H23FN2O3. The molecule has 3 rings (SSSR count). The van der Waals surface area contributed by atoms with Gasteiger partial charge in [-0.3, -0.25) is 4.79 Å². The minimum absolute atomic E-state index is 0.199. The number of halogens is 1. The van der Waals surface area contributed by atoms with Crippen LogP contribution in [-0.2, 0) is 5.41 Å². The number of aromatic amines is 1. The van der Waals surface area contributed by atoms with Crippen LogP contribution in [0.3, 0.4) is 0 Å². The van der Waals surface area contributed by atoms with Gasteiger partial charge in [0.25, 0.3) is 5.91 Å². The first kappa shape index (κ1) is 18.8. The van der Waals surface area contributed by atoms with Crippen LogP contribution in [0.15, 0.2) is 42.6 Å². The van der Waals surface area contributed by atoms with E-state index in [-0.39, 0.29) is 17.1 Å². The van der Waals surface area contributed by atoms with Crippen LogP contribution < -0.4 is 14.8 Å². The van der Waals surface area contributed by atoms with Crippen LogP contribution >= 0.6 is 0 Å². The van der Waals surface area contributed by atoms with E-state index in [1.165, 1.54) is 19.2 Å². The molecule has 5 nitrogen and oxygen atoms in total. The van der Waals surface area contributed by atoms with Crippen LogP contribution in [0.4, 0.5) is 4.39 Å². The van der Waals surface area contributed by atoms with E-state index in [2.05, 4.69) is 10.3 Å². The third kappa shape index (κ3) is 3.74. The quantitative estimate of drug-likeness (QED) is 0.689. The zero-order chi connectivity index (χ0) is 19.6. The van der Waals surface area contributed by atoms with Crippen molar-refractivity contribution in [2.75, 3.05) is 20.8 Å². The first-order valence-electron chi connectivity index (χ1n) is 8.63. The molecule has 1 heterocycles. The second-order valence-electron chi connectivity index (χ2n) is 7.03. The normalized spacial score (nSPS) is 11.4. The van der Waals surface area contributed by atoms with Gasteiger partial charge in [-0.1, -0.05) is 13.8 Å². The van der Waals surface area contributed by atoms with Crippen molar-refractivity contribution in [3.8, 4) is 11.5 Å². The fraction of sp³-hybridized carbons (Fsp3) is 0.286. The first-order valence-corrected chi connectivity index (χ1v) is 8.63. The molecule has 2 aromatic carbocycles. The Balaban J connectivity index is 1.77. The van der Waals surface area contributed by atoms with E-state index >= 15 is 0 Å². The smallest absolute Gasteiger partial charge is 0.251 e. The van der Waals surface area contributed by atoms with Crippen molar-refractivity contribution in [1.82, 2.24) is 10.3 Å². The molecule has 0 aliphatic rings. The summed E-state index contributed by atoms with van der Waals surface area (Å²) in [7, 11) is 3.08. The molecule has 1 aromatic heterocycles. The molecule has 0 atom stereocenters. The number of H-pyrrole nitrogens is 1. The molecule has 0 unspecified atom stereocenters. The number of benzene rings is 2. The number of hydrogen-bond acceptors (Lipinski definition) is 3. The lowest BCUT2D eigenvalue weighted by Gasteiger charge is -2.25. The van der Waals surface area contributed by atoms with Crippen LogP contribution in [0.2, 0.25) is 0 Å². The molecule has 0 aliphatic carbocycles. The number of rotatable bonds is 6. The van der Waals surface area contributed by atoms with Gasteiger partial charge in [0.15, 0.2) is 11.5 Å². The van der Waals surface area contributed by atoms with E-state index in [1.54, 1.807) is 31.4 Å². The number of hydrogen-bond donors (Lipinski definition) is 2. The van der Waals surface area contributed by atoms with Gasteiger partial charge in [0.1, 0.15) is 5.82 Å². The number of amides is 1. The van der Waals surface area contributed by atoms with Gasteiger partial charge in [0, 0.05) is 34.6 Å². The molecule has 2 N–H and O–H groups in total. The Labute approximate surface area is 157 Å². The van der Waals surface area contributed by atoms with E-state index in [0.29, 0.717) is 23.6 Å². The summed E-state index contributed by atoms with van der Waals surface area (Å²) in [6.45, 7) is 4.49. The maximum atomic E-state index is 13.4. The molecule has 6 heteroatoms. The zero-order valence-corrected chi connectivity index (χ0v) is 15.9. The SMILES string of the molecule is COc1ccc(C(=O)NCC(C)(C)c2c[nH]c3cc(F)ccc23)cc1OC. The van der Waals surface area contributed by atoms with Gasteiger partial charge in [0.2, 0.25) is 0 Å². The number of fused-ring (bicyclic) bond motifs is 1. The van der Waals surface area contributed by atoms with Crippen LogP contribution in [0, 0.1) is 5.82 Å². The first-order chi connectivity index (χ1) is 12.9. The highest BCUT2D eigenvalue weighted by Crippen LogP contribution is 2.31. The van der Waals surface area contributed by atoms with E-state index in [1.807, 2.05) is 20.0 Å². The van der Waals surface area contributed by atoms with Gasteiger partial charge < -0.3 is 19.8 Å². The van der Waals surface area contributed by atoms with Gasteiger partial charge in [-0.05, 0) is 42.0 Å². The molecule has 0 saturated carbocycles. The molecule has 142 valence electrons. The molecular weight excluding hydrogens is 347 g/mol. The largest absolute Gasteiger partial charge is 0.493 e. The molecule has 0 aliphatic heterocycles. The van der Waals surface area contributed by atoms with E-state index in [9.17, 15) is 9.18 Å². The summed E-state index contributed by atoms with van der Waals surface area (Å²) in [5.41, 5.74) is 1.90. The highest BCUT2D eigenvalue weighted by Gasteiger charge is 2.25. The maximum absolute atomic E-state index is 13.4. The Morgan fingerprint density at radius 2 is 1.85 bits per heavy atom. The van der Waals surface area contributed by atoms with Crippen molar-refractivity contribution in [1.29, 1.82) is 0 Å². The zero-order valence-electron chi connectivity index (χ0n) is 15.9. The summed E-state index contributed by atoms with van der Waals surface area (Å²) in [4.78, 5) is 15.7. The Hall–Kier alpha value is -3.02. The second kappa shape index (κ2) is 7.31. The van der Waals surface area contributed by atoms with Crippen molar-refractivity contribution < 1.29 is 18.7 Å². The van der Waals surface area contributed by atoms with E-state index in [0.717, 1.165) is 16.5 Å². The van der Waals surface area contributed by atoms with Crippen LogP contribution in [0.1, 0.15) is 29.8 Å². The molecule has 1 amide bonds. The number of carbonyl (C=O) groups excluding carboxylic acids is 1. The summed E-state index contributed by atoms with van der Waals surface area (Å²) in [5, 5.41) is 3.92. The lowest BCUT2D eigenvalue weighted by atomic mass is 9.84. The summed E-state index contributed by atoms with van der Waals surface area (Å²) >= 11 is 0. The van der Waals surface area contributed by atoms with Gasteiger partial charge in [-0.25, -0.2) is 4.39 Å². The molecule has 0 fully saturated rings. The van der Waals surface area contributed by atoms with Gasteiger partial charge in [0.05, 0.1) is 14.2 Å². The standard InChI is InChI=1S/C21H23FN2O3/c1-21(2,16-11-23-17-10-14(22)6-7-15(16)17)12-24-20(25)13-5-8-18(26-3)19(9-13)27-4/h5-11,23H,12H2,1-4H3,(H,24,25). The summed E-state index contributed by atoms with van der Waals surface area (Å²) in [6, 6.07) is 9.71. The molecule has 27 heavy (non-hydrogen) atoms. The van der Waals surface area contributed by atoms with Crippen LogP contribution in [0.25, 0.3) is 10.9 Å². The minimum atomic E-state index is -0.345. The van der Waals surface area contributed by atoms with Crippen LogP contribution in [-0.4, -0.2) is 31.7 Å². The van der Waals surface area contributed by atoms with Gasteiger partial charge in [-0.2, -0.15) is 0 Å². The third-order valence-corrected chi connectivity index (χ3v) is 4.71. The Morgan fingerprint density at radius 3 is 2.56 bits per heavy atom. The number of ether oxygens (including phenoxy) is 2. The average molecular weight is 370 g/mol. The predicted molar refractivity (Wildman–Crippen MR) is 103 cm³/mol. The highest BCUT2D eigenvalue weighted by molar-refractivity contribution is 5.95. The Kier molecular flexibility index (Phi) is 5.08.